The average Bonchev–Trinajstić information content (AvgIpc) is 2.70. The highest BCUT2D eigenvalue weighted by Crippen LogP contribution is 2.28. The number of rotatable bonds is 7. The van der Waals surface area contributed by atoms with Gasteiger partial charge >= 0.3 is 0 Å². The summed E-state index contributed by atoms with van der Waals surface area (Å²) in [5.41, 5.74) is 0.980. The molecule has 0 saturated carbocycles. The lowest BCUT2D eigenvalue weighted by Crippen LogP contribution is -2.43. The largest absolute Gasteiger partial charge is 0.379 e. The zero-order valence-electron chi connectivity index (χ0n) is 15.9. The number of hydrogen-bond donors (Lipinski definition) is 1. The van der Waals surface area contributed by atoms with Crippen LogP contribution in [0.15, 0.2) is 47.4 Å². The molecule has 8 nitrogen and oxygen atoms in total. The highest BCUT2D eigenvalue weighted by Gasteiger charge is 2.27. The summed E-state index contributed by atoms with van der Waals surface area (Å²) in [6.07, 6.45) is 0. The third kappa shape index (κ3) is 5.12. The summed E-state index contributed by atoms with van der Waals surface area (Å²) in [7, 11) is -3.94. The lowest BCUT2D eigenvalue weighted by atomic mass is 10.0. The van der Waals surface area contributed by atoms with Crippen LogP contribution in [0.1, 0.15) is 17.2 Å². The fourth-order valence-electron chi connectivity index (χ4n) is 3.30. The van der Waals surface area contributed by atoms with Crippen LogP contribution in [0.2, 0.25) is 5.02 Å². The SMILES string of the molecule is Cc1ccc(S(=O)(=O)NCC(c2ccccc2Cl)N2CCOCC2)cc1[N+](=O)[O-]. The van der Waals surface area contributed by atoms with E-state index in [1.54, 1.807) is 13.0 Å². The molecule has 1 aliphatic heterocycles. The first-order chi connectivity index (χ1) is 13.8. The average molecular weight is 440 g/mol. The van der Waals surface area contributed by atoms with Gasteiger partial charge in [0.1, 0.15) is 0 Å². The van der Waals surface area contributed by atoms with Crippen molar-refractivity contribution in [1.82, 2.24) is 9.62 Å². The van der Waals surface area contributed by atoms with Crippen molar-refractivity contribution in [2.75, 3.05) is 32.8 Å². The van der Waals surface area contributed by atoms with Crippen LogP contribution >= 0.6 is 11.6 Å². The van der Waals surface area contributed by atoms with Crippen molar-refractivity contribution in [2.45, 2.75) is 17.9 Å². The lowest BCUT2D eigenvalue weighted by molar-refractivity contribution is -0.385. The standard InChI is InChI=1S/C19H22ClN3O5S/c1-14-6-7-15(12-18(14)23(24)25)29(26,27)21-13-19(22-8-10-28-11-9-22)16-4-2-3-5-17(16)20/h2-7,12,19,21H,8-11,13H2,1H3. The molecule has 0 bridgehead atoms. The third-order valence-corrected chi connectivity index (χ3v) is 6.67. The Bertz CT molecular complexity index is 993. The monoisotopic (exact) mass is 439 g/mol. The van der Waals surface area contributed by atoms with Crippen LogP contribution in [0, 0.1) is 17.0 Å². The number of morpholine rings is 1. The Hall–Kier alpha value is -2.04. The topological polar surface area (TPSA) is 102 Å². The van der Waals surface area contributed by atoms with Gasteiger partial charge in [0.15, 0.2) is 0 Å². The van der Waals surface area contributed by atoms with Crippen molar-refractivity contribution >= 4 is 27.3 Å². The summed E-state index contributed by atoms with van der Waals surface area (Å²) in [6, 6.07) is 10.9. The van der Waals surface area contributed by atoms with Crippen LogP contribution in [-0.4, -0.2) is 51.1 Å². The predicted octanol–water partition coefficient (Wildman–Crippen LogP) is 2.91. The molecule has 0 amide bonds. The van der Waals surface area contributed by atoms with Crippen LogP contribution in [-0.2, 0) is 14.8 Å². The van der Waals surface area contributed by atoms with E-state index in [4.69, 9.17) is 16.3 Å². The summed E-state index contributed by atoms with van der Waals surface area (Å²) >= 11 is 6.37. The van der Waals surface area contributed by atoms with Crippen LogP contribution in [0.3, 0.4) is 0 Å². The van der Waals surface area contributed by atoms with E-state index in [1.807, 2.05) is 18.2 Å². The minimum atomic E-state index is -3.94. The van der Waals surface area contributed by atoms with E-state index in [-0.39, 0.29) is 23.2 Å². The summed E-state index contributed by atoms with van der Waals surface area (Å²) < 4.78 is 33.6. The van der Waals surface area contributed by atoms with Gasteiger partial charge in [-0.3, -0.25) is 15.0 Å². The van der Waals surface area contributed by atoms with Gasteiger partial charge in [-0.2, -0.15) is 0 Å². The van der Waals surface area contributed by atoms with Crippen molar-refractivity contribution in [3.8, 4) is 0 Å². The molecule has 0 spiro atoms. The van der Waals surface area contributed by atoms with E-state index in [1.165, 1.54) is 12.1 Å². The van der Waals surface area contributed by atoms with Crippen LogP contribution < -0.4 is 4.72 Å². The highest BCUT2D eigenvalue weighted by atomic mass is 35.5. The zero-order valence-corrected chi connectivity index (χ0v) is 17.4. The molecule has 0 aromatic heterocycles. The van der Waals surface area contributed by atoms with Crippen LogP contribution in [0.25, 0.3) is 0 Å². The van der Waals surface area contributed by atoms with Crippen molar-refractivity contribution in [2.24, 2.45) is 0 Å². The minimum absolute atomic E-state index is 0.0771. The number of halogens is 1. The second-order valence-corrected chi connectivity index (χ2v) is 8.92. The van der Waals surface area contributed by atoms with E-state index in [2.05, 4.69) is 9.62 Å². The van der Waals surface area contributed by atoms with Gasteiger partial charge in [-0.25, -0.2) is 13.1 Å². The molecule has 3 rings (SSSR count). The van der Waals surface area contributed by atoms with Gasteiger partial charge in [0.25, 0.3) is 5.69 Å². The smallest absolute Gasteiger partial charge is 0.273 e. The van der Waals surface area contributed by atoms with Crippen molar-refractivity contribution in [3.63, 3.8) is 0 Å². The second kappa shape index (κ2) is 9.19. The highest BCUT2D eigenvalue weighted by molar-refractivity contribution is 7.89. The van der Waals surface area contributed by atoms with E-state index < -0.39 is 14.9 Å². The summed E-state index contributed by atoms with van der Waals surface area (Å²) in [4.78, 5) is 12.5. The molecule has 1 atom stereocenters. The molecule has 1 saturated heterocycles. The van der Waals surface area contributed by atoms with Gasteiger partial charge < -0.3 is 4.74 Å². The molecular weight excluding hydrogens is 418 g/mol. The first kappa shape index (κ1) is 21.7. The molecule has 156 valence electrons. The van der Waals surface area contributed by atoms with Gasteiger partial charge in [-0.05, 0) is 24.6 Å². The number of nitro groups is 1. The van der Waals surface area contributed by atoms with Crippen molar-refractivity contribution < 1.29 is 18.1 Å². The number of benzene rings is 2. The normalized spacial score (nSPS) is 16.5. The number of ether oxygens (including phenoxy) is 1. The molecule has 29 heavy (non-hydrogen) atoms. The Morgan fingerprint density at radius 1 is 1.24 bits per heavy atom. The summed E-state index contributed by atoms with van der Waals surface area (Å²) in [5.74, 6) is 0. The van der Waals surface area contributed by atoms with Crippen molar-refractivity contribution in [1.29, 1.82) is 0 Å². The number of hydrogen-bond acceptors (Lipinski definition) is 6. The van der Waals surface area contributed by atoms with Crippen molar-refractivity contribution in [3.05, 3.63) is 68.7 Å². The van der Waals surface area contributed by atoms with Gasteiger partial charge in [0, 0.05) is 42.3 Å². The molecule has 10 heteroatoms. The molecule has 2 aromatic rings. The fourth-order valence-corrected chi connectivity index (χ4v) is 4.61. The lowest BCUT2D eigenvalue weighted by Gasteiger charge is -2.35. The zero-order chi connectivity index (χ0) is 21.0. The van der Waals surface area contributed by atoms with E-state index >= 15 is 0 Å². The second-order valence-electron chi connectivity index (χ2n) is 6.74. The Morgan fingerprint density at radius 2 is 1.93 bits per heavy atom. The Kier molecular flexibility index (Phi) is 6.86. The molecule has 1 heterocycles. The third-order valence-electron chi connectivity index (χ3n) is 4.90. The van der Waals surface area contributed by atoms with E-state index in [9.17, 15) is 18.5 Å². The van der Waals surface area contributed by atoms with Gasteiger partial charge in [-0.15, -0.1) is 0 Å². The fraction of sp³-hybridized carbons (Fsp3) is 0.368. The number of nitrogens with zero attached hydrogens (tertiary/aromatic N) is 2. The molecule has 1 aliphatic rings. The van der Waals surface area contributed by atoms with Crippen LogP contribution in [0.5, 0.6) is 0 Å². The van der Waals surface area contributed by atoms with E-state index in [0.717, 1.165) is 11.6 Å². The van der Waals surface area contributed by atoms with Gasteiger partial charge in [-0.1, -0.05) is 35.9 Å². The maximum absolute atomic E-state index is 12.8. The maximum Gasteiger partial charge on any atom is 0.273 e. The maximum atomic E-state index is 12.8. The quantitative estimate of drug-likeness (QED) is 0.525. The van der Waals surface area contributed by atoms with Gasteiger partial charge in [0.2, 0.25) is 10.0 Å². The first-order valence-corrected chi connectivity index (χ1v) is 11.0. The van der Waals surface area contributed by atoms with Gasteiger partial charge in [0.05, 0.1) is 23.0 Å². The molecule has 1 unspecified atom stereocenters. The molecule has 0 aliphatic carbocycles. The number of nitro benzene ring substituents is 1. The first-order valence-electron chi connectivity index (χ1n) is 9.10. The predicted molar refractivity (Wildman–Crippen MR) is 110 cm³/mol. The minimum Gasteiger partial charge on any atom is -0.379 e. The Labute approximate surface area is 174 Å². The Balaban J connectivity index is 1.86. The summed E-state index contributed by atoms with van der Waals surface area (Å²) in [6.45, 7) is 4.04. The molecule has 0 radical (unpaired) electrons. The summed E-state index contributed by atoms with van der Waals surface area (Å²) in [5, 5.41) is 11.7. The molecular formula is C19H22ClN3O5S. The number of nitrogens with one attached hydrogen (secondary N) is 1. The number of aryl methyl sites for hydroxylation is 1. The molecule has 1 fully saturated rings. The van der Waals surface area contributed by atoms with E-state index in [0.29, 0.717) is 36.9 Å². The molecule has 2 aromatic carbocycles. The van der Waals surface area contributed by atoms with Crippen LogP contribution in [0.4, 0.5) is 5.69 Å². The Morgan fingerprint density at radius 3 is 2.59 bits per heavy atom. The molecule has 1 N–H and O–H groups in total. The number of sulfonamides is 1.